The predicted molar refractivity (Wildman–Crippen MR) is 64.3 cm³/mol. The molecule has 0 atom stereocenters. The summed E-state index contributed by atoms with van der Waals surface area (Å²) in [5.41, 5.74) is 1.39. The first-order chi connectivity index (χ1) is 8.16. The van der Waals surface area contributed by atoms with Gasteiger partial charge in [-0.1, -0.05) is 6.07 Å². The number of aryl methyl sites for hydroxylation is 1. The highest BCUT2D eigenvalue weighted by Gasteiger charge is 2.17. The summed E-state index contributed by atoms with van der Waals surface area (Å²) < 4.78 is 5.17. The Bertz CT molecular complexity index is 414. The molecule has 0 radical (unpaired) electrons. The molecule has 5 nitrogen and oxygen atoms in total. The van der Waals surface area contributed by atoms with Gasteiger partial charge in [-0.05, 0) is 24.6 Å². The second-order valence-electron chi connectivity index (χ2n) is 4.05. The number of amides is 2. The Balaban J connectivity index is 2.02. The number of phenols is 1. The number of phenolic OH excluding ortho intramolecular Hbond substituents is 1. The zero-order valence-electron chi connectivity index (χ0n) is 9.77. The van der Waals surface area contributed by atoms with E-state index in [2.05, 4.69) is 5.32 Å². The molecular formula is C12H16N2O3. The smallest absolute Gasteiger partial charge is 0.322 e. The quantitative estimate of drug-likeness (QED) is 0.727. The van der Waals surface area contributed by atoms with Gasteiger partial charge in [-0.3, -0.25) is 0 Å². The minimum Gasteiger partial charge on any atom is -0.506 e. The van der Waals surface area contributed by atoms with Crippen LogP contribution < -0.4 is 5.32 Å². The number of urea groups is 1. The number of hydrogen-bond acceptors (Lipinski definition) is 3. The number of morpholine rings is 1. The molecule has 2 rings (SSSR count). The van der Waals surface area contributed by atoms with Crippen molar-refractivity contribution in [1.82, 2.24) is 4.90 Å². The van der Waals surface area contributed by atoms with E-state index in [-0.39, 0.29) is 11.8 Å². The molecular weight excluding hydrogens is 220 g/mol. The Morgan fingerprint density at radius 1 is 1.41 bits per heavy atom. The third-order valence-corrected chi connectivity index (χ3v) is 2.69. The summed E-state index contributed by atoms with van der Waals surface area (Å²) in [4.78, 5) is 13.5. The number of aromatic hydroxyl groups is 1. The molecule has 0 bridgehead atoms. The van der Waals surface area contributed by atoms with Crippen LogP contribution in [0.25, 0.3) is 0 Å². The van der Waals surface area contributed by atoms with E-state index in [1.807, 2.05) is 13.0 Å². The van der Waals surface area contributed by atoms with Crippen LogP contribution in [0.4, 0.5) is 10.5 Å². The van der Waals surface area contributed by atoms with Crippen LogP contribution in [0.15, 0.2) is 18.2 Å². The Hall–Kier alpha value is -1.75. The number of hydrogen-bond donors (Lipinski definition) is 2. The maximum absolute atomic E-state index is 11.9. The summed E-state index contributed by atoms with van der Waals surface area (Å²) in [7, 11) is 0. The van der Waals surface area contributed by atoms with Crippen molar-refractivity contribution in [2.45, 2.75) is 6.92 Å². The van der Waals surface area contributed by atoms with E-state index in [0.29, 0.717) is 32.0 Å². The van der Waals surface area contributed by atoms with Gasteiger partial charge in [-0.25, -0.2) is 4.79 Å². The number of nitrogens with zero attached hydrogens (tertiary/aromatic N) is 1. The molecule has 2 amide bonds. The van der Waals surface area contributed by atoms with Crippen LogP contribution >= 0.6 is 0 Å². The third-order valence-electron chi connectivity index (χ3n) is 2.69. The van der Waals surface area contributed by atoms with Crippen molar-refractivity contribution in [2.24, 2.45) is 0 Å². The van der Waals surface area contributed by atoms with Crippen LogP contribution in [0, 0.1) is 6.92 Å². The standard InChI is InChI=1S/C12H16N2O3/c1-9-2-3-10(11(15)8-9)13-12(16)14-4-6-17-7-5-14/h2-3,8,15H,4-7H2,1H3,(H,13,16). The summed E-state index contributed by atoms with van der Waals surface area (Å²) >= 11 is 0. The Labute approximate surface area is 100.0 Å². The largest absolute Gasteiger partial charge is 0.506 e. The maximum atomic E-state index is 11.9. The molecule has 0 spiro atoms. The van der Waals surface area contributed by atoms with Crippen molar-refractivity contribution in [3.05, 3.63) is 23.8 Å². The highest BCUT2D eigenvalue weighted by atomic mass is 16.5. The maximum Gasteiger partial charge on any atom is 0.322 e. The molecule has 1 aliphatic heterocycles. The molecule has 0 unspecified atom stereocenters. The third kappa shape index (κ3) is 2.88. The minimum atomic E-state index is -0.201. The molecule has 1 aliphatic rings. The van der Waals surface area contributed by atoms with Crippen LogP contribution in [0.2, 0.25) is 0 Å². The molecule has 1 heterocycles. The topological polar surface area (TPSA) is 61.8 Å². The van der Waals surface area contributed by atoms with Gasteiger partial charge in [0.05, 0.1) is 18.9 Å². The Kier molecular flexibility index (Phi) is 3.49. The fourth-order valence-corrected chi connectivity index (χ4v) is 1.71. The number of benzene rings is 1. The normalized spacial score (nSPS) is 15.7. The first-order valence-electron chi connectivity index (χ1n) is 5.60. The van der Waals surface area contributed by atoms with Gasteiger partial charge in [0.2, 0.25) is 0 Å². The molecule has 0 saturated carbocycles. The van der Waals surface area contributed by atoms with Crippen molar-refractivity contribution in [2.75, 3.05) is 31.6 Å². The second kappa shape index (κ2) is 5.05. The van der Waals surface area contributed by atoms with Gasteiger partial charge in [-0.15, -0.1) is 0 Å². The van der Waals surface area contributed by atoms with Crippen molar-refractivity contribution < 1.29 is 14.6 Å². The average molecular weight is 236 g/mol. The summed E-state index contributed by atoms with van der Waals surface area (Å²) in [5.74, 6) is 0.0895. The van der Waals surface area contributed by atoms with E-state index in [9.17, 15) is 9.90 Å². The van der Waals surface area contributed by atoms with Gasteiger partial charge in [-0.2, -0.15) is 0 Å². The summed E-state index contributed by atoms with van der Waals surface area (Å²) in [5, 5.41) is 12.4. The number of carbonyl (C=O) groups excluding carboxylic acids is 1. The lowest BCUT2D eigenvalue weighted by atomic mass is 10.2. The number of anilines is 1. The Morgan fingerprint density at radius 3 is 2.76 bits per heavy atom. The van der Waals surface area contributed by atoms with Crippen molar-refractivity contribution in [3.8, 4) is 5.75 Å². The molecule has 1 saturated heterocycles. The number of nitrogens with one attached hydrogen (secondary N) is 1. The summed E-state index contributed by atoms with van der Waals surface area (Å²) in [6.45, 7) is 4.17. The summed E-state index contributed by atoms with van der Waals surface area (Å²) in [6.07, 6.45) is 0. The van der Waals surface area contributed by atoms with Gasteiger partial charge >= 0.3 is 6.03 Å². The Morgan fingerprint density at radius 2 is 2.12 bits per heavy atom. The number of rotatable bonds is 1. The van der Waals surface area contributed by atoms with E-state index >= 15 is 0 Å². The molecule has 17 heavy (non-hydrogen) atoms. The van der Waals surface area contributed by atoms with Crippen LogP contribution in [-0.2, 0) is 4.74 Å². The fraction of sp³-hybridized carbons (Fsp3) is 0.417. The predicted octanol–water partition coefficient (Wildman–Crippen LogP) is 1.56. The van der Waals surface area contributed by atoms with Crippen LogP contribution in [0.1, 0.15) is 5.56 Å². The second-order valence-corrected chi connectivity index (χ2v) is 4.05. The lowest BCUT2D eigenvalue weighted by Gasteiger charge is -2.27. The van der Waals surface area contributed by atoms with Crippen molar-refractivity contribution >= 4 is 11.7 Å². The van der Waals surface area contributed by atoms with Crippen LogP contribution in [0.3, 0.4) is 0 Å². The molecule has 1 aromatic rings. The molecule has 2 N–H and O–H groups in total. The molecule has 92 valence electrons. The van der Waals surface area contributed by atoms with E-state index in [1.165, 1.54) is 0 Å². The van der Waals surface area contributed by atoms with Crippen LogP contribution in [0.5, 0.6) is 5.75 Å². The van der Waals surface area contributed by atoms with Gasteiger partial charge in [0.15, 0.2) is 0 Å². The first-order valence-corrected chi connectivity index (χ1v) is 5.60. The van der Waals surface area contributed by atoms with E-state index in [4.69, 9.17) is 4.74 Å². The molecule has 1 aromatic carbocycles. The van der Waals surface area contributed by atoms with Crippen LogP contribution in [-0.4, -0.2) is 42.3 Å². The highest BCUT2D eigenvalue weighted by Crippen LogP contribution is 2.24. The van der Waals surface area contributed by atoms with Gasteiger partial charge in [0.1, 0.15) is 5.75 Å². The van der Waals surface area contributed by atoms with E-state index in [0.717, 1.165) is 5.56 Å². The van der Waals surface area contributed by atoms with Gasteiger partial charge in [0.25, 0.3) is 0 Å². The average Bonchev–Trinajstić information content (AvgIpc) is 2.34. The summed E-state index contributed by atoms with van der Waals surface area (Å²) in [6, 6.07) is 4.96. The monoisotopic (exact) mass is 236 g/mol. The SMILES string of the molecule is Cc1ccc(NC(=O)N2CCOCC2)c(O)c1. The van der Waals surface area contributed by atoms with E-state index in [1.54, 1.807) is 17.0 Å². The number of carbonyl (C=O) groups is 1. The molecule has 0 aliphatic carbocycles. The molecule has 1 fully saturated rings. The molecule has 5 heteroatoms. The van der Waals surface area contributed by atoms with Gasteiger partial charge in [0, 0.05) is 13.1 Å². The fourth-order valence-electron chi connectivity index (χ4n) is 1.71. The molecule has 0 aromatic heterocycles. The first kappa shape index (κ1) is 11.7. The zero-order valence-corrected chi connectivity index (χ0v) is 9.77. The van der Waals surface area contributed by atoms with Gasteiger partial charge < -0.3 is 20.1 Å². The van der Waals surface area contributed by atoms with Crippen molar-refractivity contribution in [3.63, 3.8) is 0 Å². The minimum absolute atomic E-state index is 0.0895. The van der Waals surface area contributed by atoms with E-state index < -0.39 is 0 Å². The lowest BCUT2D eigenvalue weighted by Crippen LogP contribution is -2.43. The van der Waals surface area contributed by atoms with Crippen molar-refractivity contribution in [1.29, 1.82) is 0 Å². The number of ether oxygens (including phenoxy) is 1. The highest BCUT2D eigenvalue weighted by molar-refractivity contribution is 5.91. The zero-order chi connectivity index (χ0) is 12.3. The lowest BCUT2D eigenvalue weighted by molar-refractivity contribution is 0.0564.